The first-order valence-corrected chi connectivity index (χ1v) is 12.3. The van der Waals surface area contributed by atoms with E-state index in [1.54, 1.807) is 0 Å². The number of hydrogen-bond donors (Lipinski definition) is 1. The first-order chi connectivity index (χ1) is 13.8. The first-order valence-electron chi connectivity index (χ1n) is 10.4. The summed E-state index contributed by atoms with van der Waals surface area (Å²) in [5.74, 6) is 1.57. The Bertz CT molecular complexity index is 1040. The molecule has 2 aromatic heterocycles. The van der Waals surface area contributed by atoms with Gasteiger partial charge in [0, 0.05) is 49.5 Å². The predicted octanol–water partition coefficient (Wildman–Crippen LogP) is 2.16. The Balaban J connectivity index is 1.37. The monoisotopic (exact) mass is 416 g/mol. The molecule has 3 fully saturated rings. The highest BCUT2D eigenvalue weighted by Crippen LogP contribution is 2.53. The van der Waals surface area contributed by atoms with Crippen molar-refractivity contribution in [3.8, 4) is 0 Å². The van der Waals surface area contributed by atoms with Crippen LogP contribution < -0.4 is 10.2 Å². The van der Waals surface area contributed by atoms with Crippen LogP contribution in [0.3, 0.4) is 0 Å². The molecule has 1 aliphatic carbocycles. The average molecular weight is 417 g/mol. The normalized spacial score (nSPS) is 22.5. The molecule has 0 atom stereocenters. The molecule has 2 aliphatic heterocycles. The Morgan fingerprint density at radius 3 is 2.55 bits per heavy atom. The zero-order chi connectivity index (χ0) is 20.2. The summed E-state index contributed by atoms with van der Waals surface area (Å²) in [5.41, 5.74) is 2.42. The third kappa shape index (κ3) is 3.77. The quantitative estimate of drug-likeness (QED) is 0.817. The van der Waals surface area contributed by atoms with Crippen molar-refractivity contribution >= 4 is 32.7 Å². The fraction of sp³-hybridized carbons (Fsp3) is 0.650. The largest absolute Gasteiger partial charge is 0.354 e. The second kappa shape index (κ2) is 6.77. The smallest absolute Gasteiger partial charge is 0.223 e. The van der Waals surface area contributed by atoms with Gasteiger partial charge in [0.05, 0.1) is 6.26 Å². The summed E-state index contributed by atoms with van der Waals surface area (Å²) >= 11 is 0. The summed E-state index contributed by atoms with van der Waals surface area (Å²) < 4.78 is 25.0. The summed E-state index contributed by atoms with van der Waals surface area (Å²) in [5, 5.41) is 4.43. The summed E-state index contributed by atoms with van der Waals surface area (Å²) in [6.07, 6.45) is 8.57. The van der Waals surface area contributed by atoms with Gasteiger partial charge in [0.1, 0.15) is 5.52 Å². The number of rotatable bonds is 4. The van der Waals surface area contributed by atoms with Crippen molar-refractivity contribution in [3.05, 3.63) is 18.0 Å². The molecule has 0 aromatic carbocycles. The third-order valence-corrected chi connectivity index (χ3v) is 7.93. The average Bonchev–Trinajstić information content (AvgIpc) is 3.30. The standard InChI is InChI=1S/C20H28N6O2S/c1-14-11-15-12-21-19(23-16-3-8-26(9-4-16)29(2,27)28)24-17(15)18(22-14)25-10-7-20(13-25)5-6-20/h11-12,16H,3-10,13H2,1-2H3,(H,21,23,24). The molecule has 8 nitrogen and oxygen atoms in total. The minimum absolute atomic E-state index is 0.175. The molecule has 0 unspecified atom stereocenters. The van der Waals surface area contributed by atoms with E-state index in [9.17, 15) is 8.42 Å². The number of piperidine rings is 1. The molecular weight excluding hydrogens is 388 g/mol. The Morgan fingerprint density at radius 1 is 1.14 bits per heavy atom. The van der Waals surface area contributed by atoms with Crippen LogP contribution in [0.1, 0.15) is 37.8 Å². The second-order valence-corrected chi connectivity index (χ2v) is 11.0. The maximum absolute atomic E-state index is 11.7. The van der Waals surface area contributed by atoms with E-state index >= 15 is 0 Å². The minimum atomic E-state index is -3.11. The maximum Gasteiger partial charge on any atom is 0.223 e. The van der Waals surface area contributed by atoms with E-state index in [0.717, 1.165) is 48.3 Å². The third-order valence-electron chi connectivity index (χ3n) is 6.63. The molecular formula is C20H28N6O2S. The molecule has 0 radical (unpaired) electrons. The van der Waals surface area contributed by atoms with Crippen LogP contribution >= 0.6 is 0 Å². The highest BCUT2D eigenvalue weighted by atomic mass is 32.2. The molecule has 1 spiro atoms. The van der Waals surface area contributed by atoms with Gasteiger partial charge >= 0.3 is 0 Å². The number of pyridine rings is 1. The van der Waals surface area contributed by atoms with Gasteiger partial charge in [-0.1, -0.05) is 0 Å². The van der Waals surface area contributed by atoms with Crippen molar-refractivity contribution in [2.75, 3.05) is 42.7 Å². The lowest BCUT2D eigenvalue weighted by atomic mass is 10.1. The van der Waals surface area contributed by atoms with Crippen molar-refractivity contribution in [1.82, 2.24) is 19.3 Å². The predicted molar refractivity (Wildman–Crippen MR) is 114 cm³/mol. The van der Waals surface area contributed by atoms with Crippen LogP contribution in [0, 0.1) is 12.3 Å². The zero-order valence-corrected chi connectivity index (χ0v) is 17.9. The Hall–Kier alpha value is -2.00. The molecule has 29 heavy (non-hydrogen) atoms. The van der Waals surface area contributed by atoms with Gasteiger partial charge in [-0.2, -0.15) is 0 Å². The van der Waals surface area contributed by atoms with Crippen molar-refractivity contribution < 1.29 is 8.42 Å². The number of nitrogens with zero attached hydrogens (tertiary/aromatic N) is 5. The molecule has 1 N–H and O–H groups in total. The van der Waals surface area contributed by atoms with Gasteiger partial charge in [-0.25, -0.2) is 27.7 Å². The Kier molecular flexibility index (Phi) is 4.43. The van der Waals surface area contributed by atoms with E-state index in [-0.39, 0.29) is 6.04 Å². The summed E-state index contributed by atoms with van der Waals surface area (Å²) in [4.78, 5) is 16.6. The summed E-state index contributed by atoms with van der Waals surface area (Å²) in [7, 11) is -3.11. The van der Waals surface area contributed by atoms with Gasteiger partial charge in [-0.3, -0.25) is 0 Å². The lowest BCUT2D eigenvalue weighted by molar-refractivity contribution is 0.331. The minimum Gasteiger partial charge on any atom is -0.354 e. The number of fused-ring (bicyclic) bond motifs is 1. The molecule has 9 heteroatoms. The van der Waals surface area contributed by atoms with Gasteiger partial charge in [-0.15, -0.1) is 0 Å². The SMILES string of the molecule is Cc1cc2cnc(NC3CCN(S(C)(=O)=O)CC3)nc2c(N2CCC3(CC3)C2)n1. The van der Waals surface area contributed by atoms with Crippen molar-refractivity contribution in [2.24, 2.45) is 5.41 Å². The summed E-state index contributed by atoms with van der Waals surface area (Å²) in [6.45, 7) is 5.21. The fourth-order valence-corrected chi connectivity index (χ4v) is 5.53. The number of nitrogens with one attached hydrogen (secondary N) is 1. The Labute approximate surface area is 171 Å². The van der Waals surface area contributed by atoms with Crippen LogP contribution in [0.5, 0.6) is 0 Å². The lowest BCUT2D eigenvalue weighted by Gasteiger charge is -2.30. The molecule has 5 rings (SSSR count). The Morgan fingerprint density at radius 2 is 1.90 bits per heavy atom. The van der Waals surface area contributed by atoms with E-state index in [0.29, 0.717) is 24.5 Å². The highest BCUT2D eigenvalue weighted by molar-refractivity contribution is 7.88. The van der Waals surface area contributed by atoms with Crippen molar-refractivity contribution in [1.29, 1.82) is 0 Å². The number of hydrogen-bond acceptors (Lipinski definition) is 7. The van der Waals surface area contributed by atoms with E-state index in [4.69, 9.17) is 9.97 Å². The molecule has 2 saturated heterocycles. The highest BCUT2D eigenvalue weighted by Gasteiger charge is 2.48. The van der Waals surface area contributed by atoms with Crippen LogP contribution in [0.15, 0.2) is 12.3 Å². The fourth-order valence-electron chi connectivity index (χ4n) is 4.66. The maximum atomic E-state index is 11.7. The van der Waals surface area contributed by atoms with Crippen molar-refractivity contribution in [3.63, 3.8) is 0 Å². The molecule has 0 amide bonds. The zero-order valence-electron chi connectivity index (χ0n) is 17.1. The van der Waals surface area contributed by atoms with Gasteiger partial charge < -0.3 is 10.2 Å². The van der Waals surface area contributed by atoms with Crippen LogP contribution in [-0.4, -0.2) is 66.2 Å². The number of anilines is 2. The van der Waals surface area contributed by atoms with Gasteiger partial charge in [0.2, 0.25) is 16.0 Å². The summed E-state index contributed by atoms with van der Waals surface area (Å²) in [6, 6.07) is 2.21. The molecule has 156 valence electrons. The molecule has 1 saturated carbocycles. The van der Waals surface area contributed by atoms with Crippen molar-refractivity contribution in [2.45, 2.75) is 45.1 Å². The van der Waals surface area contributed by atoms with Gasteiger partial charge in [-0.05, 0) is 50.5 Å². The number of sulfonamides is 1. The van der Waals surface area contributed by atoms with E-state index in [1.807, 2.05) is 19.2 Å². The van der Waals surface area contributed by atoms with Crippen LogP contribution in [0.2, 0.25) is 0 Å². The molecule has 2 aromatic rings. The molecule has 4 heterocycles. The lowest BCUT2D eigenvalue weighted by Crippen LogP contribution is -2.42. The number of aryl methyl sites for hydroxylation is 1. The number of aromatic nitrogens is 3. The van der Waals surface area contributed by atoms with Crippen LogP contribution in [-0.2, 0) is 10.0 Å². The second-order valence-electron chi connectivity index (χ2n) is 8.97. The van der Waals surface area contributed by atoms with Crippen LogP contribution in [0.25, 0.3) is 10.9 Å². The topological polar surface area (TPSA) is 91.3 Å². The first kappa shape index (κ1) is 19.0. The van der Waals surface area contributed by atoms with Crippen LogP contribution in [0.4, 0.5) is 11.8 Å². The van der Waals surface area contributed by atoms with E-state index in [1.165, 1.54) is 29.8 Å². The molecule has 0 bridgehead atoms. The van der Waals surface area contributed by atoms with E-state index < -0.39 is 10.0 Å². The van der Waals surface area contributed by atoms with E-state index in [2.05, 4.69) is 15.2 Å². The molecule has 3 aliphatic rings. The van der Waals surface area contributed by atoms with Gasteiger partial charge in [0.25, 0.3) is 0 Å². The van der Waals surface area contributed by atoms with Gasteiger partial charge in [0.15, 0.2) is 5.82 Å².